The van der Waals surface area contributed by atoms with E-state index in [1.165, 1.54) is 21.6 Å². The van der Waals surface area contributed by atoms with Crippen LogP contribution in [0.4, 0.5) is 5.95 Å². The van der Waals surface area contributed by atoms with Gasteiger partial charge in [-0.2, -0.15) is 5.10 Å². The first kappa shape index (κ1) is 22.3. The third-order valence-electron chi connectivity index (χ3n) is 5.95. The van der Waals surface area contributed by atoms with Crippen LogP contribution in [0.25, 0.3) is 22.4 Å². The van der Waals surface area contributed by atoms with E-state index in [-0.39, 0.29) is 11.5 Å². The number of nitrogens with two attached hydrogens (primary N) is 1. The summed E-state index contributed by atoms with van der Waals surface area (Å²) in [5.41, 5.74) is 9.75. The van der Waals surface area contributed by atoms with Crippen LogP contribution in [0.3, 0.4) is 0 Å². The predicted molar refractivity (Wildman–Crippen MR) is 130 cm³/mol. The van der Waals surface area contributed by atoms with Crippen molar-refractivity contribution in [3.63, 3.8) is 0 Å². The summed E-state index contributed by atoms with van der Waals surface area (Å²) in [7, 11) is 3.46. The SMILES string of the molecule is CN(Cc1ncoc1C1CC1)/N=c1/c(-c2ccc(=O)n(C)c2)c(-c2ccccc2)nc(N)n1C=O. The van der Waals surface area contributed by atoms with Gasteiger partial charge in [-0.25, -0.2) is 14.5 Å². The van der Waals surface area contributed by atoms with E-state index in [9.17, 15) is 9.59 Å². The Labute approximate surface area is 201 Å². The third-order valence-corrected chi connectivity index (χ3v) is 5.95. The minimum atomic E-state index is -0.157. The van der Waals surface area contributed by atoms with E-state index in [4.69, 9.17) is 15.3 Å². The number of oxazole rings is 1. The number of nitrogens with zero attached hydrogens (tertiary/aromatic N) is 6. The Hall–Kier alpha value is -4.47. The fourth-order valence-electron chi connectivity index (χ4n) is 4.06. The second kappa shape index (κ2) is 9.05. The molecule has 35 heavy (non-hydrogen) atoms. The lowest BCUT2D eigenvalue weighted by molar-refractivity contribution is 0.323. The van der Waals surface area contributed by atoms with Crippen LogP contribution in [0.2, 0.25) is 0 Å². The number of rotatable bonds is 7. The number of carbonyl (C=O) groups is 1. The lowest BCUT2D eigenvalue weighted by atomic mass is 10.0. The topological polar surface area (TPSA) is 125 Å². The Morgan fingerprint density at radius 3 is 2.66 bits per heavy atom. The zero-order valence-corrected chi connectivity index (χ0v) is 19.5. The van der Waals surface area contributed by atoms with Crippen LogP contribution in [0.1, 0.15) is 30.2 Å². The van der Waals surface area contributed by atoms with Gasteiger partial charge in [0.05, 0.1) is 17.8 Å². The van der Waals surface area contributed by atoms with Crippen molar-refractivity contribution < 1.29 is 9.21 Å². The molecule has 0 aliphatic heterocycles. The molecule has 0 atom stereocenters. The highest BCUT2D eigenvalue weighted by Gasteiger charge is 2.30. The number of benzene rings is 1. The van der Waals surface area contributed by atoms with Gasteiger partial charge < -0.3 is 14.7 Å². The van der Waals surface area contributed by atoms with Crippen molar-refractivity contribution in [2.75, 3.05) is 12.8 Å². The first-order chi connectivity index (χ1) is 17.0. The quantitative estimate of drug-likeness (QED) is 0.324. The van der Waals surface area contributed by atoms with Crippen LogP contribution in [-0.2, 0) is 18.4 Å². The molecule has 1 saturated carbocycles. The normalized spacial score (nSPS) is 13.7. The number of aryl methyl sites for hydroxylation is 1. The first-order valence-corrected chi connectivity index (χ1v) is 11.2. The predicted octanol–water partition coefficient (Wildman–Crippen LogP) is 2.35. The molecule has 1 fully saturated rings. The molecule has 1 aliphatic carbocycles. The van der Waals surface area contributed by atoms with Gasteiger partial charge in [0.25, 0.3) is 0 Å². The Morgan fingerprint density at radius 2 is 1.97 bits per heavy atom. The van der Waals surface area contributed by atoms with E-state index in [0.29, 0.717) is 41.2 Å². The van der Waals surface area contributed by atoms with E-state index >= 15 is 0 Å². The summed E-state index contributed by atoms with van der Waals surface area (Å²) in [6, 6.07) is 12.7. The third kappa shape index (κ3) is 4.37. The fraction of sp³-hybridized carbons (Fsp3) is 0.240. The first-order valence-electron chi connectivity index (χ1n) is 11.2. The van der Waals surface area contributed by atoms with Crippen molar-refractivity contribution in [2.24, 2.45) is 12.1 Å². The number of hydrogen-bond donors (Lipinski definition) is 1. The number of nitrogen functional groups attached to an aromatic ring is 1. The van der Waals surface area contributed by atoms with Crippen LogP contribution in [-0.4, -0.2) is 37.6 Å². The van der Waals surface area contributed by atoms with Crippen molar-refractivity contribution in [2.45, 2.75) is 25.3 Å². The number of aromatic nitrogens is 4. The Bertz CT molecular complexity index is 1510. The van der Waals surface area contributed by atoms with Gasteiger partial charge in [0.2, 0.25) is 17.9 Å². The van der Waals surface area contributed by atoms with Crippen LogP contribution in [0.15, 0.2) is 69.4 Å². The highest BCUT2D eigenvalue weighted by atomic mass is 16.3. The van der Waals surface area contributed by atoms with E-state index in [0.717, 1.165) is 29.9 Å². The average Bonchev–Trinajstić information content (AvgIpc) is 3.60. The number of pyridine rings is 1. The van der Waals surface area contributed by atoms with Crippen molar-refractivity contribution in [1.29, 1.82) is 0 Å². The van der Waals surface area contributed by atoms with E-state index < -0.39 is 0 Å². The number of carbonyl (C=O) groups excluding carboxylic acids is 1. The van der Waals surface area contributed by atoms with Crippen LogP contribution >= 0.6 is 0 Å². The standard InChI is InChI=1S/C25H25N7O3/c1-30-12-18(10-11-20(30)34)21-22(16-6-4-3-5-7-16)28-25(26)32(15-33)24(21)29-31(2)13-19-23(17-8-9-17)35-14-27-19/h3-7,10-12,14-15,17H,8-9,13H2,1-2H3,(H2,26,28)/b29-24-. The molecule has 3 aromatic heterocycles. The van der Waals surface area contributed by atoms with Crippen LogP contribution in [0, 0.1) is 0 Å². The zero-order valence-electron chi connectivity index (χ0n) is 19.5. The summed E-state index contributed by atoms with van der Waals surface area (Å²) in [4.78, 5) is 33.1. The van der Waals surface area contributed by atoms with Crippen molar-refractivity contribution in [1.82, 2.24) is 24.1 Å². The molecule has 10 nitrogen and oxygen atoms in total. The molecule has 3 heterocycles. The molecule has 0 saturated heterocycles. The summed E-state index contributed by atoms with van der Waals surface area (Å²) < 4.78 is 8.27. The molecule has 0 radical (unpaired) electrons. The van der Waals surface area contributed by atoms with Crippen molar-refractivity contribution in [3.8, 4) is 22.4 Å². The largest absolute Gasteiger partial charge is 0.448 e. The Balaban J connectivity index is 1.73. The van der Waals surface area contributed by atoms with Crippen LogP contribution < -0.4 is 16.8 Å². The molecule has 0 amide bonds. The van der Waals surface area contributed by atoms with Gasteiger partial charge in [0.15, 0.2) is 11.9 Å². The van der Waals surface area contributed by atoms with Crippen molar-refractivity contribution >= 4 is 12.4 Å². The van der Waals surface area contributed by atoms with Gasteiger partial charge >= 0.3 is 0 Å². The molecule has 2 N–H and O–H groups in total. The molecule has 0 unspecified atom stereocenters. The highest BCUT2D eigenvalue weighted by Crippen LogP contribution is 2.41. The van der Waals surface area contributed by atoms with Gasteiger partial charge in [-0.1, -0.05) is 30.3 Å². The monoisotopic (exact) mass is 471 g/mol. The molecule has 0 bridgehead atoms. The fourth-order valence-corrected chi connectivity index (χ4v) is 4.06. The summed E-state index contributed by atoms with van der Waals surface area (Å²) in [5.74, 6) is 1.29. The molecule has 0 spiro atoms. The van der Waals surface area contributed by atoms with Gasteiger partial charge in [0.1, 0.15) is 11.5 Å². The summed E-state index contributed by atoms with van der Waals surface area (Å²) in [6.07, 6.45) is 5.91. The van der Waals surface area contributed by atoms with Crippen molar-refractivity contribution in [3.05, 3.63) is 82.4 Å². The lowest BCUT2D eigenvalue weighted by Crippen LogP contribution is -2.31. The smallest absolute Gasteiger partial charge is 0.250 e. The maximum absolute atomic E-state index is 12.1. The van der Waals surface area contributed by atoms with E-state index in [1.54, 1.807) is 31.4 Å². The number of anilines is 1. The molecule has 1 aliphatic rings. The van der Waals surface area contributed by atoms with E-state index in [1.807, 2.05) is 30.3 Å². The molecule has 1 aromatic carbocycles. The average molecular weight is 472 g/mol. The maximum Gasteiger partial charge on any atom is 0.250 e. The lowest BCUT2D eigenvalue weighted by Gasteiger charge is -2.17. The maximum atomic E-state index is 12.1. The summed E-state index contributed by atoms with van der Waals surface area (Å²) in [6.45, 7) is 0.386. The van der Waals surface area contributed by atoms with E-state index in [2.05, 4.69) is 9.97 Å². The van der Waals surface area contributed by atoms with Gasteiger partial charge in [-0.15, -0.1) is 0 Å². The Kier molecular flexibility index (Phi) is 5.77. The minimum Gasteiger partial charge on any atom is -0.448 e. The second-order valence-electron chi connectivity index (χ2n) is 8.58. The summed E-state index contributed by atoms with van der Waals surface area (Å²) in [5, 5.41) is 6.47. The minimum absolute atomic E-state index is 0.000298. The van der Waals surface area contributed by atoms with Gasteiger partial charge in [0, 0.05) is 43.4 Å². The summed E-state index contributed by atoms with van der Waals surface area (Å²) >= 11 is 0. The van der Waals surface area contributed by atoms with Gasteiger partial charge in [-0.3, -0.25) is 14.6 Å². The molecule has 178 valence electrons. The molecular weight excluding hydrogens is 446 g/mol. The molecule has 5 rings (SSSR count). The second-order valence-corrected chi connectivity index (χ2v) is 8.58. The molecular formula is C25H25N7O3. The highest BCUT2D eigenvalue weighted by molar-refractivity contribution is 5.81. The Morgan fingerprint density at radius 1 is 1.20 bits per heavy atom. The van der Waals surface area contributed by atoms with Crippen LogP contribution in [0.5, 0.6) is 0 Å². The zero-order chi connectivity index (χ0) is 24.5. The molecule has 4 aromatic rings. The number of hydrogen-bond acceptors (Lipinski definition) is 8. The van der Waals surface area contributed by atoms with Gasteiger partial charge in [-0.05, 0) is 18.9 Å². The molecule has 10 heteroatoms.